The van der Waals surface area contributed by atoms with Crippen LogP contribution in [0.3, 0.4) is 0 Å². The van der Waals surface area contributed by atoms with Crippen LogP contribution in [0.2, 0.25) is 0 Å². The summed E-state index contributed by atoms with van der Waals surface area (Å²) in [6.07, 6.45) is 8.15. The number of hydrogen-bond donors (Lipinski definition) is 0. The Morgan fingerprint density at radius 3 is 1.73 bits per heavy atom. The van der Waals surface area contributed by atoms with Gasteiger partial charge in [0.15, 0.2) is 0 Å². The maximum absolute atomic E-state index is 12.0. The fourth-order valence-electron chi connectivity index (χ4n) is 2.55. The Morgan fingerprint density at radius 1 is 0.731 bits per heavy atom. The first-order valence-electron chi connectivity index (χ1n) is 9.71. The Bertz CT molecular complexity index is 513. The Balaban J connectivity index is 5.20. The van der Waals surface area contributed by atoms with Gasteiger partial charge in [-0.25, -0.2) is 4.79 Å². The van der Waals surface area contributed by atoms with E-state index >= 15 is 0 Å². The van der Waals surface area contributed by atoms with Gasteiger partial charge < -0.3 is 9.47 Å². The van der Waals surface area contributed by atoms with Crippen LogP contribution in [0.5, 0.6) is 0 Å². The molecule has 0 saturated carbocycles. The van der Waals surface area contributed by atoms with Crippen LogP contribution in [-0.4, -0.2) is 23.1 Å². The lowest BCUT2D eigenvalue weighted by Crippen LogP contribution is -2.23. The zero-order valence-corrected chi connectivity index (χ0v) is 18.0. The molecule has 26 heavy (non-hydrogen) atoms. The van der Waals surface area contributed by atoms with Gasteiger partial charge in [0, 0.05) is 12.5 Å². The first-order chi connectivity index (χ1) is 11.9. The van der Waals surface area contributed by atoms with Crippen LogP contribution in [0.1, 0.15) is 93.9 Å². The predicted molar refractivity (Wildman–Crippen MR) is 107 cm³/mol. The van der Waals surface area contributed by atoms with Gasteiger partial charge >= 0.3 is 11.9 Å². The molecule has 0 bridgehead atoms. The first kappa shape index (κ1) is 24.4. The molecule has 0 aromatic heterocycles. The monoisotopic (exact) mass is 366 g/mol. The Morgan fingerprint density at radius 2 is 1.27 bits per heavy atom. The summed E-state index contributed by atoms with van der Waals surface area (Å²) in [5.74, 6) is -0.521. The third-order valence-corrected chi connectivity index (χ3v) is 3.40. The lowest BCUT2D eigenvalue weighted by atomic mass is 9.95. The van der Waals surface area contributed by atoms with Gasteiger partial charge in [-0.1, -0.05) is 38.3 Å². The molecule has 0 aliphatic carbocycles. The minimum absolute atomic E-state index is 0.182. The van der Waals surface area contributed by atoms with Crippen LogP contribution in [0, 0.1) is 0 Å². The maximum atomic E-state index is 12.0. The SMILES string of the molecule is CCCC(/C=C/C(=O)OC(C)(C)C)=C(\CCC)CCC(=O)OC(C)(C)C. The highest BCUT2D eigenvalue weighted by atomic mass is 16.6. The summed E-state index contributed by atoms with van der Waals surface area (Å²) in [6, 6.07) is 0. The van der Waals surface area contributed by atoms with Gasteiger partial charge in [0.25, 0.3) is 0 Å². The van der Waals surface area contributed by atoms with Gasteiger partial charge in [0.1, 0.15) is 11.2 Å². The van der Waals surface area contributed by atoms with E-state index in [0.29, 0.717) is 12.8 Å². The first-order valence-corrected chi connectivity index (χ1v) is 9.71. The van der Waals surface area contributed by atoms with Crippen molar-refractivity contribution in [2.24, 2.45) is 0 Å². The molecule has 4 heteroatoms. The quantitative estimate of drug-likeness (QED) is 0.289. The summed E-state index contributed by atoms with van der Waals surface area (Å²) in [7, 11) is 0. The topological polar surface area (TPSA) is 52.6 Å². The van der Waals surface area contributed by atoms with Crippen molar-refractivity contribution in [3.05, 3.63) is 23.3 Å². The number of rotatable bonds is 9. The van der Waals surface area contributed by atoms with Gasteiger partial charge in [-0.2, -0.15) is 0 Å². The van der Waals surface area contributed by atoms with Gasteiger partial charge in [-0.3, -0.25) is 4.79 Å². The lowest BCUT2D eigenvalue weighted by molar-refractivity contribution is -0.154. The van der Waals surface area contributed by atoms with E-state index in [1.54, 1.807) is 0 Å². The summed E-state index contributed by atoms with van der Waals surface area (Å²) in [4.78, 5) is 24.0. The highest BCUT2D eigenvalue weighted by Gasteiger charge is 2.17. The summed E-state index contributed by atoms with van der Waals surface area (Å²) >= 11 is 0. The van der Waals surface area contributed by atoms with Crippen LogP contribution >= 0.6 is 0 Å². The molecule has 0 aromatic carbocycles. The van der Waals surface area contributed by atoms with E-state index < -0.39 is 11.2 Å². The molecule has 0 aliphatic heterocycles. The fourth-order valence-corrected chi connectivity index (χ4v) is 2.55. The molecular weight excluding hydrogens is 328 g/mol. The molecule has 0 spiro atoms. The second-order valence-corrected chi connectivity index (χ2v) is 8.58. The largest absolute Gasteiger partial charge is 0.460 e. The second kappa shape index (κ2) is 11.2. The van der Waals surface area contributed by atoms with E-state index in [-0.39, 0.29) is 11.9 Å². The molecule has 0 unspecified atom stereocenters. The van der Waals surface area contributed by atoms with Crippen molar-refractivity contribution in [3.8, 4) is 0 Å². The van der Waals surface area contributed by atoms with E-state index in [2.05, 4.69) is 13.8 Å². The molecule has 4 nitrogen and oxygen atoms in total. The van der Waals surface area contributed by atoms with Gasteiger partial charge in [-0.05, 0) is 66.4 Å². The Labute approximate surface area is 160 Å². The molecular formula is C22H38O4. The lowest BCUT2D eigenvalue weighted by Gasteiger charge is -2.20. The van der Waals surface area contributed by atoms with E-state index in [0.717, 1.165) is 31.3 Å². The van der Waals surface area contributed by atoms with E-state index in [9.17, 15) is 9.59 Å². The smallest absolute Gasteiger partial charge is 0.331 e. The van der Waals surface area contributed by atoms with E-state index in [1.165, 1.54) is 11.6 Å². The van der Waals surface area contributed by atoms with Crippen molar-refractivity contribution in [2.45, 2.75) is 105 Å². The zero-order chi connectivity index (χ0) is 20.4. The van der Waals surface area contributed by atoms with Gasteiger partial charge in [0.2, 0.25) is 0 Å². The van der Waals surface area contributed by atoms with E-state index in [4.69, 9.17) is 9.47 Å². The van der Waals surface area contributed by atoms with Crippen LogP contribution in [0.4, 0.5) is 0 Å². The number of allylic oxidation sites excluding steroid dienone is 3. The molecule has 0 fully saturated rings. The second-order valence-electron chi connectivity index (χ2n) is 8.58. The summed E-state index contributed by atoms with van der Waals surface area (Å²) in [6.45, 7) is 15.4. The Kier molecular flexibility index (Phi) is 10.5. The molecule has 150 valence electrons. The van der Waals surface area contributed by atoms with Crippen LogP contribution in [0.15, 0.2) is 23.3 Å². The normalized spacial score (nSPS) is 13.5. The highest BCUT2D eigenvalue weighted by molar-refractivity contribution is 5.83. The fraction of sp³-hybridized carbons (Fsp3) is 0.727. The molecule has 0 aliphatic rings. The maximum Gasteiger partial charge on any atom is 0.331 e. The number of carbonyl (C=O) groups is 2. The van der Waals surface area contributed by atoms with Gasteiger partial charge in [0.05, 0.1) is 0 Å². The summed E-state index contributed by atoms with van der Waals surface area (Å²) in [5.41, 5.74) is 1.39. The predicted octanol–water partition coefficient (Wildman–Crippen LogP) is 5.90. The molecule has 0 amide bonds. The van der Waals surface area contributed by atoms with Crippen molar-refractivity contribution in [3.63, 3.8) is 0 Å². The standard InChI is InChI=1S/C22H38O4/c1-9-11-17(13-15-19(23)25-21(3,4)5)18(12-10-2)14-16-20(24)26-22(6,7)8/h13,15H,9-12,14,16H2,1-8H3/b15-13+,18-17-. The molecule has 0 aromatic rings. The molecule has 0 N–H and O–H groups in total. The molecule has 0 saturated heterocycles. The number of hydrogen-bond acceptors (Lipinski definition) is 4. The number of ether oxygens (including phenoxy) is 2. The highest BCUT2D eigenvalue weighted by Crippen LogP contribution is 2.23. The van der Waals surface area contributed by atoms with Crippen molar-refractivity contribution in [1.82, 2.24) is 0 Å². The number of esters is 2. The van der Waals surface area contributed by atoms with Gasteiger partial charge in [-0.15, -0.1) is 0 Å². The summed E-state index contributed by atoms with van der Waals surface area (Å²) in [5, 5.41) is 0. The summed E-state index contributed by atoms with van der Waals surface area (Å²) < 4.78 is 10.7. The third kappa shape index (κ3) is 12.7. The van der Waals surface area contributed by atoms with Crippen molar-refractivity contribution in [2.75, 3.05) is 0 Å². The molecule has 0 rings (SSSR count). The molecule has 0 atom stereocenters. The van der Waals surface area contributed by atoms with Crippen molar-refractivity contribution < 1.29 is 19.1 Å². The minimum atomic E-state index is -0.501. The molecule has 0 heterocycles. The van der Waals surface area contributed by atoms with Crippen molar-refractivity contribution in [1.29, 1.82) is 0 Å². The van der Waals surface area contributed by atoms with Crippen molar-refractivity contribution >= 4 is 11.9 Å². The Hall–Kier alpha value is -1.58. The minimum Gasteiger partial charge on any atom is -0.460 e. The van der Waals surface area contributed by atoms with Crippen LogP contribution in [-0.2, 0) is 19.1 Å². The third-order valence-electron chi connectivity index (χ3n) is 3.40. The average Bonchev–Trinajstić information content (AvgIpc) is 2.44. The van der Waals surface area contributed by atoms with Crippen LogP contribution in [0.25, 0.3) is 0 Å². The molecule has 0 radical (unpaired) electrons. The number of carbonyl (C=O) groups excluding carboxylic acids is 2. The average molecular weight is 367 g/mol. The van der Waals surface area contributed by atoms with Crippen LogP contribution < -0.4 is 0 Å². The zero-order valence-electron chi connectivity index (χ0n) is 18.0. The van der Waals surface area contributed by atoms with E-state index in [1.807, 2.05) is 47.6 Å².